The molecule has 0 spiro atoms. The number of methoxy groups -OCH3 is 1. The third-order valence-corrected chi connectivity index (χ3v) is 2.61. The molecule has 1 unspecified atom stereocenters. The Kier molecular flexibility index (Phi) is 2.35. The monoisotopic (exact) mass is 174 g/mol. The highest BCUT2D eigenvalue weighted by molar-refractivity contribution is 5.24. The summed E-state index contributed by atoms with van der Waals surface area (Å²) in [5.41, 5.74) is 1.42. The normalized spacial score (nSPS) is 21.3. The van der Waals surface area contributed by atoms with Crippen molar-refractivity contribution in [3.63, 3.8) is 0 Å². The molecular weight excluding hydrogens is 160 g/mol. The summed E-state index contributed by atoms with van der Waals surface area (Å²) in [7, 11) is 1.75. The van der Waals surface area contributed by atoms with Crippen LogP contribution in [0.4, 0.5) is 0 Å². The highest BCUT2D eigenvalue weighted by atomic mass is 16.5. The fourth-order valence-electron chi connectivity index (χ4n) is 1.83. The zero-order valence-corrected chi connectivity index (χ0v) is 7.86. The van der Waals surface area contributed by atoms with Gasteiger partial charge in [-0.1, -0.05) is 30.3 Å². The minimum Gasteiger partial charge on any atom is -0.501 e. The summed E-state index contributed by atoms with van der Waals surface area (Å²) in [5, 5.41) is 0. The Morgan fingerprint density at radius 1 is 1.23 bits per heavy atom. The maximum atomic E-state index is 5.22. The lowest BCUT2D eigenvalue weighted by Gasteiger charge is -2.09. The van der Waals surface area contributed by atoms with Gasteiger partial charge in [-0.05, 0) is 24.0 Å². The third kappa shape index (κ3) is 1.74. The molecule has 1 aromatic carbocycles. The molecule has 13 heavy (non-hydrogen) atoms. The van der Waals surface area contributed by atoms with Crippen LogP contribution in [0.25, 0.3) is 0 Å². The van der Waals surface area contributed by atoms with Crippen molar-refractivity contribution in [2.75, 3.05) is 7.11 Å². The Bertz CT molecular complexity index is 300. The summed E-state index contributed by atoms with van der Waals surface area (Å²) in [6.07, 6.45) is 4.37. The first-order valence-electron chi connectivity index (χ1n) is 4.68. The van der Waals surface area contributed by atoms with Crippen LogP contribution >= 0.6 is 0 Å². The summed E-state index contributed by atoms with van der Waals surface area (Å²) in [6.45, 7) is 0. The Morgan fingerprint density at radius 2 is 2.00 bits per heavy atom. The summed E-state index contributed by atoms with van der Waals surface area (Å²) in [4.78, 5) is 0. The smallest absolute Gasteiger partial charge is 0.0922 e. The van der Waals surface area contributed by atoms with Gasteiger partial charge in [-0.15, -0.1) is 0 Å². The van der Waals surface area contributed by atoms with Crippen LogP contribution < -0.4 is 0 Å². The SMILES string of the molecule is COC1=CCC(c2ccccc2)C1. The van der Waals surface area contributed by atoms with Crippen molar-refractivity contribution in [3.8, 4) is 0 Å². The van der Waals surface area contributed by atoms with Gasteiger partial charge in [0.2, 0.25) is 0 Å². The lowest BCUT2D eigenvalue weighted by molar-refractivity contribution is 0.279. The second-order valence-corrected chi connectivity index (χ2v) is 3.42. The van der Waals surface area contributed by atoms with Gasteiger partial charge < -0.3 is 4.74 Å². The number of benzene rings is 1. The van der Waals surface area contributed by atoms with E-state index < -0.39 is 0 Å². The van der Waals surface area contributed by atoms with Gasteiger partial charge in [0.25, 0.3) is 0 Å². The van der Waals surface area contributed by atoms with E-state index in [1.54, 1.807) is 7.11 Å². The molecule has 1 nitrogen and oxygen atoms in total. The lowest BCUT2D eigenvalue weighted by Crippen LogP contribution is -1.93. The van der Waals surface area contributed by atoms with E-state index in [1.807, 2.05) is 0 Å². The molecule has 0 aromatic heterocycles. The maximum Gasteiger partial charge on any atom is 0.0922 e. The maximum absolute atomic E-state index is 5.22. The molecular formula is C12H14O. The molecule has 0 bridgehead atoms. The summed E-state index contributed by atoms with van der Waals surface area (Å²) in [5.74, 6) is 1.77. The summed E-state index contributed by atoms with van der Waals surface area (Å²) >= 11 is 0. The molecule has 0 aliphatic heterocycles. The average molecular weight is 174 g/mol. The zero-order chi connectivity index (χ0) is 9.10. The molecule has 0 N–H and O–H groups in total. The molecule has 1 aliphatic carbocycles. The van der Waals surface area contributed by atoms with E-state index in [4.69, 9.17) is 4.74 Å². The fraction of sp³-hybridized carbons (Fsp3) is 0.333. The van der Waals surface area contributed by atoms with Crippen LogP contribution in [0.1, 0.15) is 24.3 Å². The van der Waals surface area contributed by atoms with Crippen molar-refractivity contribution in [3.05, 3.63) is 47.7 Å². The van der Waals surface area contributed by atoms with Gasteiger partial charge in [0.05, 0.1) is 12.9 Å². The largest absolute Gasteiger partial charge is 0.501 e. The molecule has 1 atom stereocenters. The second-order valence-electron chi connectivity index (χ2n) is 3.42. The van der Waals surface area contributed by atoms with Crippen molar-refractivity contribution in [1.82, 2.24) is 0 Å². The second kappa shape index (κ2) is 3.65. The van der Waals surface area contributed by atoms with Gasteiger partial charge in [0, 0.05) is 6.42 Å². The van der Waals surface area contributed by atoms with Crippen LogP contribution in [0, 0.1) is 0 Å². The van der Waals surface area contributed by atoms with Crippen molar-refractivity contribution in [2.24, 2.45) is 0 Å². The number of ether oxygens (including phenoxy) is 1. The van der Waals surface area contributed by atoms with E-state index >= 15 is 0 Å². The van der Waals surface area contributed by atoms with Crippen LogP contribution in [-0.4, -0.2) is 7.11 Å². The van der Waals surface area contributed by atoms with Crippen LogP contribution in [0.5, 0.6) is 0 Å². The molecule has 1 heteroatoms. The van der Waals surface area contributed by atoms with Gasteiger partial charge in [-0.3, -0.25) is 0 Å². The van der Waals surface area contributed by atoms with Gasteiger partial charge in [0.15, 0.2) is 0 Å². The summed E-state index contributed by atoms with van der Waals surface area (Å²) in [6, 6.07) is 10.6. The predicted molar refractivity (Wildman–Crippen MR) is 53.5 cm³/mol. The summed E-state index contributed by atoms with van der Waals surface area (Å²) < 4.78 is 5.22. The first kappa shape index (κ1) is 8.36. The molecule has 0 amide bonds. The van der Waals surface area contributed by atoms with Crippen molar-refractivity contribution >= 4 is 0 Å². The van der Waals surface area contributed by atoms with Crippen molar-refractivity contribution in [1.29, 1.82) is 0 Å². The molecule has 0 radical (unpaired) electrons. The lowest BCUT2D eigenvalue weighted by atomic mass is 9.97. The van der Waals surface area contributed by atoms with Crippen molar-refractivity contribution < 1.29 is 4.74 Å². The zero-order valence-electron chi connectivity index (χ0n) is 7.86. The highest BCUT2D eigenvalue weighted by Gasteiger charge is 2.18. The number of allylic oxidation sites excluding steroid dienone is 2. The Balaban J connectivity index is 2.07. The van der Waals surface area contributed by atoms with Gasteiger partial charge in [-0.2, -0.15) is 0 Å². The highest BCUT2D eigenvalue weighted by Crippen LogP contribution is 2.33. The number of hydrogen-bond acceptors (Lipinski definition) is 1. The van der Waals surface area contributed by atoms with Crippen LogP contribution in [0.15, 0.2) is 42.2 Å². The van der Waals surface area contributed by atoms with Gasteiger partial charge in [-0.25, -0.2) is 0 Å². The number of hydrogen-bond donors (Lipinski definition) is 0. The average Bonchev–Trinajstić information content (AvgIpc) is 2.67. The van der Waals surface area contributed by atoms with E-state index in [1.165, 1.54) is 5.56 Å². The van der Waals surface area contributed by atoms with Gasteiger partial charge in [0.1, 0.15) is 0 Å². The van der Waals surface area contributed by atoms with Crippen LogP contribution in [-0.2, 0) is 4.74 Å². The topological polar surface area (TPSA) is 9.23 Å². The molecule has 2 rings (SSSR count). The first-order valence-corrected chi connectivity index (χ1v) is 4.68. The molecule has 1 aliphatic rings. The Labute approximate surface area is 79.0 Å². The Hall–Kier alpha value is -1.24. The first-order chi connectivity index (χ1) is 6.40. The molecule has 0 fully saturated rings. The van der Waals surface area contributed by atoms with Crippen LogP contribution in [0.3, 0.4) is 0 Å². The molecule has 0 saturated heterocycles. The standard InChI is InChI=1S/C12H14O/c1-13-12-8-7-11(9-12)10-5-3-2-4-6-10/h2-6,8,11H,7,9H2,1H3. The number of rotatable bonds is 2. The van der Waals surface area contributed by atoms with E-state index in [2.05, 4.69) is 36.4 Å². The minimum atomic E-state index is 0.635. The fourth-order valence-corrected chi connectivity index (χ4v) is 1.83. The Morgan fingerprint density at radius 3 is 2.62 bits per heavy atom. The quantitative estimate of drug-likeness (QED) is 0.669. The van der Waals surface area contributed by atoms with Crippen LogP contribution in [0.2, 0.25) is 0 Å². The predicted octanol–water partition coefficient (Wildman–Crippen LogP) is 3.09. The van der Waals surface area contributed by atoms with E-state index in [0.29, 0.717) is 5.92 Å². The van der Waals surface area contributed by atoms with Gasteiger partial charge >= 0.3 is 0 Å². The minimum absolute atomic E-state index is 0.635. The molecule has 68 valence electrons. The molecule has 1 aromatic rings. The molecule has 0 saturated carbocycles. The van der Waals surface area contributed by atoms with E-state index in [9.17, 15) is 0 Å². The van der Waals surface area contributed by atoms with E-state index in [0.717, 1.165) is 18.6 Å². The molecule has 0 heterocycles. The van der Waals surface area contributed by atoms with E-state index in [-0.39, 0.29) is 0 Å². The van der Waals surface area contributed by atoms with Crippen molar-refractivity contribution in [2.45, 2.75) is 18.8 Å². The third-order valence-electron chi connectivity index (χ3n) is 2.61.